The van der Waals surface area contributed by atoms with Gasteiger partial charge in [-0.05, 0) is 25.0 Å². The maximum Gasteiger partial charge on any atom is 0.326 e. The van der Waals surface area contributed by atoms with Crippen LogP contribution in [-0.4, -0.2) is 45.4 Å². The largest absolute Gasteiger partial charge is 0.480 e. The van der Waals surface area contributed by atoms with Crippen LogP contribution in [0.3, 0.4) is 0 Å². The van der Waals surface area contributed by atoms with Crippen molar-refractivity contribution in [2.45, 2.75) is 18.9 Å². The molecule has 0 bridgehead atoms. The Labute approximate surface area is 148 Å². The van der Waals surface area contributed by atoms with Gasteiger partial charge < -0.3 is 21.5 Å². The quantitative estimate of drug-likeness (QED) is 0.559. The van der Waals surface area contributed by atoms with E-state index in [1.165, 1.54) is 11.1 Å². The predicted octanol–water partition coefficient (Wildman–Crippen LogP) is 1.48. The van der Waals surface area contributed by atoms with Crippen LogP contribution in [0.5, 0.6) is 0 Å². The fourth-order valence-electron chi connectivity index (χ4n) is 2.97. The highest BCUT2D eigenvalue weighted by molar-refractivity contribution is 6.35. The number of carbonyl (C=O) groups is 2. The minimum atomic E-state index is -1.00. The molecule has 2 aromatic rings. The number of pyridine rings is 1. The summed E-state index contributed by atoms with van der Waals surface area (Å²) in [6.45, 7) is 0.405. The van der Waals surface area contributed by atoms with Gasteiger partial charge in [-0.3, -0.25) is 4.79 Å². The molecule has 0 spiro atoms. The van der Waals surface area contributed by atoms with Gasteiger partial charge in [-0.25, -0.2) is 9.78 Å². The zero-order valence-corrected chi connectivity index (χ0v) is 13.9. The standard InChI is InChI=1S/C16H16ClN5O3/c17-11-7-20-13(21-16(18)19)10-6-8(3-4-9(10)11)14(23)22-5-1-2-12(22)15(24)25/h3-4,6-7,12H,1-2,5H2,(H,24,25)(H4,18,19,20,21)/t12-/m0/s1. The smallest absolute Gasteiger partial charge is 0.326 e. The monoisotopic (exact) mass is 361 g/mol. The molecule has 2 heterocycles. The zero-order chi connectivity index (χ0) is 18.1. The number of halogens is 1. The number of fused-ring (bicyclic) bond motifs is 1. The minimum absolute atomic E-state index is 0.168. The van der Waals surface area contributed by atoms with Gasteiger partial charge in [0.1, 0.15) is 6.04 Å². The Bertz CT molecular complexity index is 895. The number of rotatable bonds is 3. The first-order valence-corrected chi connectivity index (χ1v) is 7.98. The molecule has 1 fully saturated rings. The summed E-state index contributed by atoms with van der Waals surface area (Å²) >= 11 is 6.14. The number of likely N-dealkylation sites (tertiary alicyclic amines) is 1. The van der Waals surface area contributed by atoms with Crippen LogP contribution < -0.4 is 11.5 Å². The van der Waals surface area contributed by atoms with Crippen LogP contribution in [-0.2, 0) is 4.79 Å². The molecule has 130 valence electrons. The van der Waals surface area contributed by atoms with Crippen molar-refractivity contribution in [3.05, 3.63) is 35.0 Å². The van der Waals surface area contributed by atoms with Crippen molar-refractivity contribution in [3.8, 4) is 0 Å². The Balaban J connectivity index is 2.07. The van der Waals surface area contributed by atoms with Gasteiger partial charge in [0.2, 0.25) is 0 Å². The highest BCUT2D eigenvalue weighted by atomic mass is 35.5. The number of hydrogen-bond acceptors (Lipinski definition) is 4. The van der Waals surface area contributed by atoms with Crippen molar-refractivity contribution in [2.75, 3.05) is 6.54 Å². The number of carbonyl (C=O) groups excluding carboxylic acids is 1. The van der Waals surface area contributed by atoms with Crippen LogP contribution in [0.1, 0.15) is 23.2 Å². The van der Waals surface area contributed by atoms with E-state index in [0.717, 1.165) is 0 Å². The Hall–Kier alpha value is -2.87. The molecule has 1 aliphatic rings. The molecule has 1 aliphatic heterocycles. The molecule has 1 atom stereocenters. The molecular formula is C16H16ClN5O3. The van der Waals surface area contributed by atoms with Gasteiger partial charge >= 0.3 is 5.97 Å². The van der Waals surface area contributed by atoms with Crippen LogP contribution in [0.15, 0.2) is 29.4 Å². The number of guanidine groups is 1. The molecule has 3 rings (SSSR count). The molecule has 0 aliphatic carbocycles. The van der Waals surface area contributed by atoms with E-state index in [4.69, 9.17) is 23.1 Å². The second-order valence-corrected chi connectivity index (χ2v) is 6.13. The van der Waals surface area contributed by atoms with E-state index in [1.807, 2.05) is 0 Å². The summed E-state index contributed by atoms with van der Waals surface area (Å²) in [6, 6.07) is 4.05. The fraction of sp³-hybridized carbons (Fsp3) is 0.250. The number of aromatic nitrogens is 1. The van der Waals surface area contributed by atoms with E-state index in [1.54, 1.807) is 18.2 Å². The molecule has 0 unspecified atom stereocenters. The van der Waals surface area contributed by atoms with Crippen LogP contribution >= 0.6 is 11.6 Å². The molecule has 1 saturated heterocycles. The third-order valence-corrected chi connectivity index (χ3v) is 4.40. The predicted molar refractivity (Wildman–Crippen MR) is 93.9 cm³/mol. The van der Waals surface area contributed by atoms with E-state index in [0.29, 0.717) is 40.7 Å². The molecule has 5 N–H and O–H groups in total. The summed E-state index contributed by atoms with van der Waals surface area (Å²) in [7, 11) is 0. The fourth-order valence-corrected chi connectivity index (χ4v) is 3.18. The number of benzene rings is 1. The SMILES string of the molecule is NC(N)=Nc1ncc(Cl)c2ccc(C(=O)N3CCC[C@H]3C(=O)O)cc12. The van der Waals surface area contributed by atoms with Gasteiger partial charge in [-0.2, -0.15) is 4.99 Å². The molecule has 9 heteroatoms. The van der Waals surface area contributed by atoms with Gasteiger partial charge in [-0.1, -0.05) is 17.7 Å². The second kappa shape index (κ2) is 6.56. The number of carboxylic acids is 1. The van der Waals surface area contributed by atoms with Crippen molar-refractivity contribution in [1.29, 1.82) is 0 Å². The summed E-state index contributed by atoms with van der Waals surface area (Å²) in [5, 5.41) is 10.8. The van der Waals surface area contributed by atoms with E-state index >= 15 is 0 Å². The lowest BCUT2D eigenvalue weighted by atomic mass is 10.1. The number of aliphatic imine (C=N–C) groups is 1. The topological polar surface area (TPSA) is 135 Å². The zero-order valence-electron chi connectivity index (χ0n) is 13.1. The highest BCUT2D eigenvalue weighted by Crippen LogP contribution is 2.31. The maximum absolute atomic E-state index is 12.7. The first-order valence-electron chi connectivity index (χ1n) is 7.60. The average Bonchev–Trinajstić information content (AvgIpc) is 3.06. The number of aliphatic carboxylic acids is 1. The number of hydrogen-bond donors (Lipinski definition) is 3. The van der Waals surface area contributed by atoms with E-state index in [9.17, 15) is 14.7 Å². The Kier molecular flexibility index (Phi) is 4.45. The van der Waals surface area contributed by atoms with Gasteiger partial charge in [0, 0.05) is 29.1 Å². The maximum atomic E-state index is 12.7. The normalized spacial score (nSPS) is 16.8. The lowest BCUT2D eigenvalue weighted by molar-refractivity contribution is -0.141. The Morgan fingerprint density at radius 3 is 2.76 bits per heavy atom. The second-order valence-electron chi connectivity index (χ2n) is 5.72. The average molecular weight is 362 g/mol. The molecule has 25 heavy (non-hydrogen) atoms. The third kappa shape index (κ3) is 3.20. The van der Waals surface area contributed by atoms with Gasteiger partial charge in [0.25, 0.3) is 5.91 Å². The lowest BCUT2D eigenvalue weighted by Gasteiger charge is -2.21. The lowest BCUT2D eigenvalue weighted by Crippen LogP contribution is -2.40. The number of carboxylic acid groups (broad SMARTS) is 1. The van der Waals surface area contributed by atoms with E-state index in [-0.39, 0.29) is 17.7 Å². The number of nitrogens with two attached hydrogens (primary N) is 2. The van der Waals surface area contributed by atoms with Crippen LogP contribution in [0.25, 0.3) is 10.8 Å². The van der Waals surface area contributed by atoms with E-state index in [2.05, 4.69) is 9.98 Å². The van der Waals surface area contributed by atoms with Gasteiger partial charge in [0.05, 0.1) is 5.02 Å². The summed E-state index contributed by atoms with van der Waals surface area (Å²) in [4.78, 5) is 33.5. The third-order valence-electron chi connectivity index (χ3n) is 4.10. The molecule has 0 saturated carbocycles. The van der Waals surface area contributed by atoms with Crippen LogP contribution in [0.4, 0.5) is 5.82 Å². The summed E-state index contributed by atoms with van der Waals surface area (Å²) in [5.74, 6) is -1.29. The molecule has 1 amide bonds. The van der Waals surface area contributed by atoms with E-state index < -0.39 is 12.0 Å². The van der Waals surface area contributed by atoms with Crippen molar-refractivity contribution in [2.24, 2.45) is 16.5 Å². The van der Waals surface area contributed by atoms with Crippen molar-refractivity contribution in [1.82, 2.24) is 9.88 Å². The minimum Gasteiger partial charge on any atom is -0.480 e. The molecular weight excluding hydrogens is 346 g/mol. The van der Waals surface area contributed by atoms with Crippen molar-refractivity contribution >= 4 is 46.0 Å². The molecule has 1 aromatic carbocycles. The van der Waals surface area contributed by atoms with Crippen LogP contribution in [0.2, 0.25) is 5.02 Å². The summed E-state index contributed by atoms with van der Waals surface area (Å²) in [6.07, 6.45) is 2.53. The van der Waals surface area contributed by atoms with Crippen molar-refractivity contribution in [3.63, 3.8) is 0 Å². The Morgan fingerprint density at radius 1 is 1.32 bits per heavy atom. The molecule has 1 aromatic heterocycles. The number of amides is 1. The Morgan fingerprint density at radius 2 is 2.08 bits per heavy atom. The highest BCUT2D eigenvalue weighted by Gasteiger charge is 2.34. The van der Waals surface area contributed by atoms with Crippen LogP contribution in [0, 0.1) is 0 Å². The molecule has 8 nitrogen and oxygen atoms in total. The first-order chi connectivity index (χ1) is 11.9. The molecule has 0 radical (unpaired) electrons. The van der Waals surface area contributed by atoms with Gasteiger partial charge in [-0.15, -0.1) is 0 Å². The van der Waals surface area contributed by atoms with Crippen molar-refractivity contribution < 1.29 is 14.7 Å². The summed E-state index contributed by atoms with van der Waals surface area (Å²) < 4.78 is 0. The summed E-state index contributed by atoms with van der Waals surface area (Å²) in [5.41, 5.74) is 11.2. The first kappa shape index (κ1) is 17.0. The van der Waals surface area contributed by atoms with Gasteiger partial charge in [0.15, 0.2) is 11.8 Å². The number of nitrogens with zero attached hydrogens (tertiary/aromatic N) is 3.